The molecule has 0 spiro atoms. The number of nitrogens with zero attached hydrogens (tertiary/aromatic N) is 1. The number of hydrogen-bond acceptors (Lipinski definition) is 1. The second-order valence-corrected chi connectivity index (χ2v) is 6.30. The van der Waals surface area contributed by atoms with Crippen molar-refractivity contribution in [2.75, 3.05) is 13.6 Å². The highest BCUT2D eigenvalue weighted by atomic mass is 79.9. The maximum absolute atomic E-state index is 3.59. The molecule has 1 aromatic rings. The average Bonchev–Trinajstić information content (AvgIpc) is 2.20. The molecule has 1 aromatic carbocycles. The first kappa shape index (κ1) is 13.7. The molecule has 16 heavy (non-hydrogen) atoms. The molecule has 0 saturated heterocycles. The van der Waals surface area contributed by atoms with Crippen LogP contribution in [-0.2, 0) is 6.54 Å². The third-order valence-corrected chi connectivity index (χ3v) is 3.31. The summed E-state index contributed by atoms with van der Waals surface area (Å²) in [6.07, 6.45) is 1.20. The molecule has 0 radical (unpaired) electrons. The van der Waals surface area contributed by atoms with Gasteiger partial charge in [0.1, 0.15) is 0 Å². The molecule has 1 atom stereocenters. The van der Waals surface area contributed by atoms with E-state index >= 15 is 0 Å². The van der Waals surface area contributed by atoms with E-state index < -0.39 is 0 Å². The molecule has 0 aliphatic rings. The van der Waals surface area contributed by atoms with Crippen LogP contribution in [0.5, 0.6) is 0 Å². The van der Waals surface area contributed by atoms with E-state index in [1.165, 1.54) is 23.1 Å². The van der Waals surface area contributed by atoms with Crippen molar-refractivity contribution in [3.05, 3.63) is 34.9 Å². The molecule has 1 nitrogen and oxygen atoms in total. The zero-order chi connectivity index (χ0) is 12.1. The van der Waals surface area contributed by atoms with Gasteiger partial charge in [-0.05, 0) is 45.0 Å². The summed E-state index contributed by atoms with van der Waals surface area (Å²) in [5.74, 6) is 0. The molecule has 0 aliphatic carbocycles. The van der Waals surface area contributed by atoms with Gasteiger partial charge in [-0.25, -0.2) is 0 Å². The molecule has 0 N–H and O–H groups in total. The lowest BCUT2D eigenvalue weighted by Crippen LogP contribution is -2.21. The Morgan fingerprint density at radius 2 is 2.00 bits per heavy atom. The number of rotatable bonds is 5. The van der Waals surface area contributed by atoms with Crippen molar-refractivity contribution in [3.63, 3.8) is 0 Å². The molecule has 0 heterocycles. The number of benzene rings is 1. The van der Waals surface area contributed by atoms with Crippen molar-refractivity contribution < 1.29 is 0 Å². The topological polar surface area (TPSA) is 3.24 Å². The Morgan fingerprint density at radius 1 is 1.31 bits per heavy atom. The minimum Gasteiger partial charge on any atom is -0.302 e. The van der Waals surface area contributed by atoms with Crippen molar-refractivity contribution in [1.82, 2.24) is 4.90 Å². The number of alkyl halides is 1. The minimum atomic E-state index is 0.605. The SMILES string of the molecule is Cc1ccc(C)c(CN(C)CCC(C)Br)c1. The summed E-state index contributed by atoms with van der Waals surface area (Å²) >= 11 is 3.59. The second-order valence-electron chi connectivity index (χ2n) is 4.74. The quantitative estimate of drug-likeness (QED) is 0.741. The smallest absolute Gasteiger partial charge is 0.0233 e. The van der Waals surface area contributed by atoms with Gasteiger partial charge in [0.2, 0.25) is 0 Å². The molecular formula is C14H22BrN. The number of halogens is 1. The summed E-state index contributed by atoms with van der Waals surface area (Å²) < 4.78 is 0. The normalized spacial score (nSPS) is 13.1. The van der Waals surface area contributed by atoms with Crippen molar-refractivity contribution >= 4 is 15.9 Å². The Hall–Kier alpha value is -0.340. The van der Waals surface area contributed by atoms with E-state index in [2.05, 4.69) is 66.8 Å². The molecule has 1 rings (SSSR count). The molecule has 1 unspecified atom stereocenters. The van der Waals surface area contributed by atoms with E-state index in [-0.39, 0.29) is 0 Å². The Bertz CT molecular complexity index is 334. The van der Waals surface area contributed by atoms with Gasteiger partial charge in [-0.15, -0.1) is 0 Å². The summed E-state index contributed by atoms with van der Waals surface area (Å²) in [7, 11) is 2.19. The lowest BCUT2D eigenvalue weighted by Gasteiger charge is -2.19. The zero-order valence-corrected chi connectivity index (χ0v) is 12.3. The molecule has 0 aromatic heterocycles. The van der Waals surface area contributed by atoms with Crippen LogP contribution in [0.4, 0.5) is 0 Å². The Balaban J connectivity index is 2.55. The fraction of sp³-hybridized carbons (Fsp3) is 0.571. The fourth-order valence-electron chi connectivity index (χ4n) is 1.74. The predicted molar refractivity (Wildman–Crippen MR) is 75.3 cm³/mol. The monoisotopic (exact) mass is 283 g/mol. The summed E-state index contributed by atoms with van der Waals surface area (Å²) in [6.45, 7) is 8.73. The summed E-state index contributed by atoms with van der Waals surface area (Å²) in [4.78, 5) is 2.99. The van der Waals surface area contributed by atoms with Gasteiger partial charge < -0.3 is 4.90 Å². The first-order chi connectivity index (χ1) is 7.49. The highest BCUT2D eigenvalue weighted by Crippen LogP contribution is 2.13. The lowest BCUT2D eigenvalue weighted by atomic mass is 10.1. The predicted octanol–water partition coefficient (Wildman–Crippen LogP) is 3.91. The van der Waals surface area contributed by atoms with Crippen LogP contribution in [0.15, 0.2) is 18.2 Å². The van der Waals surface area contributed by atoms with Crippen LogP contribution in [-0.4, -0.2) is 23.3 Å². The van der Waals surface area contributed by atoms with Crippen LogP contribution >= 0.6 is 15.9 Å². The molecule has 2 heteroatoms. The van der Waals surface area contributed by atoms with Gasteiger partial charge in [0.25, 0.3) is 0 Å². The molecule has 0 fully saturated rings. The zero-order valence-electron chi connectivity index (χ0n) is 10.8. The van der Waals surface area contributed by atoms with Crippen LogP contribution in [0.2, 0.25) is 0 Å². The third-order valence-electron chi connectivity index (χ3n) is 2.85. The minimum absolute atomic E-state index is 0.605. The van der Waals surface area contributed by atoms with Gasteiger partial charge in [-0.3, -0.25) is 0 Å². The molecular weight excluding hydrogens is 262 g/mol. The van der Waals surface area contributed by atoms with Crippen LogP contribution in [0.3, 0.4) is 0 Å². The highest BCUT2D eigenvalue weighted by Gasteiger charge is 2.05. The van der Waals surface area contributed by atoms with E-state index in [0.717, 1.165) is 13.1 Å². The summed E-state index contributed by atoms with van der Waals surface area (Å²) in [6, 6.07) is 6.69. The highest BCUT2D eigenvalue weighted by molar-refractivity contribution is 9.09. The maximum Gasteiger partial charge on any atom is 0.0233 e. The van der Waals surface area contributed by atoms with Crippen LogP contribution in [0.25, 0.3) is 0 Å². The van der Waals surface area contributed by atoms with Crippen LogP contribution < -0.4 is 0 Å². The average molecular weight is 284 g/mol. The molecule has 90 valence electrons. The summed E-state index contributed by atoms with van der Waals surface area (Å²) in [5.41, 5.74) is 4.19. The Labute approximate surface area is 108 Å². The maximum atomic E-state index is 3.59. The lowest BCUT2D eigenvalue weighted by molar-refractivity contribution is 0.322. The van der Waals surface area contributed by atoms with E-state index in [4.69, 9.17) is 0 Å². The van der Waals surface area contributed by atoms with Gasteiger partial charge in [-0.2, -0.15) is 0 Å². The molecule has 0 aliphatic heterocycles. The Morgan fingerprint density at radius 3 is 2.62 bits per heavy atom. The Kier molecular flexibility index (Phi) is 5.50. The van der Waals surface area contributed by atoms with Crippen LogP contribution in [0, 0.1) is 13.8 Å². The third kappa shape index (κ3) is 4.67. The number of aryl methyl sites for hydroxylation is 2. The van der Waals surface area contributed by atoms with Crippen molar-refractivity contribution in [2.24, 2.45) is 0 Å². The fourth-order valence-corrected chi connectivity index (χ4v) is 1.94. The van der Waals surface area contributed by atoms with E-state index in [1.54, 1.807) is 0 Å². The van der Waals surface area contributed by atoms with Crippen molar-refractivity contribution in [1.29, 1.82) is 0 Å². The van der Waals surface area contributed by atoms with Gasteiger partial charge in [0, 0.05) is 11.4 Å². The van der Waals surface area contributed by atoms with Crippen molar-refractivity contribution in [3.8, 4) is 0 Å². The molecule has 0 amide bonds. The number of hydrogen-bond donors (Lipinski definition) is 0. The summed E-state index contributed by atoms with van der Waals surface area (Å²) in [5, 5.41) is 0. The first-order valence-corrected chi connectivity index (χ1v) is 6.79. The van der Waals surface area contributed by atoms with Crippen molar-refractivity contribution in [2.45, 2.75) is 38.6 Å². The van der Waals surface area contributed by atoms with E-state index in [0.29, 0.717) is 4.83 Å². The van der Waals surface area contributed by atoms with Gasteiger partial charge >= 0.3 is 0 Å². The standard InChI is InChI=1S/C14H22BrN/c1-11-5-6-12(2)14(9-11)10-16(4)8-7-13(3)15/h5-6,9,13H,7-8,10H2,1-4H3. The van der Waals surface area contributed by atoms with Gasteiger partial charge in [0.05, 0.1) is 0 Å². The van der Waals surface area contributed by atoms with E-state index in [9.17, 15) is 0 Å². The van der Waals surface area contributed by atoms with Gasteiger partial charge in [-0.1, -0.05) is 46.6 Å². The van der Waals surface area contributed by atoms with Gasteiger partial charge in [0.15, 0.2) is 0 Å². The molecule has 0 bridgehead atoms. The largest absolute Gasteiger partial charge is 0.302 e. The van der Waals surface area contributed by atoms with E-state index in [1.807, 2.05) is 0 Å². The first-order valence-electron chi connectivity index (χ1n) is 5.88. The second kappa shape index (κ2) is 6.41. The molecule has 0 saturated carbocycles. The van der Waals surface area contributed by atoms with Crippen LogP contribution in [0.1, 0.15) is 30.0 Å².